The Morgan fingerprint density at radius 3 is 2.38 bits per heavy atom. The molecular formula is C13H14O3. The van der Waals surface area contributed by atoms with E-state index in [2.05, 4.69) is 0 Å². The van der Waals surface area contributed by atoms with Gasteiger partial charge >= 0.3 is 0 Å². The lowest BCUT2D eigenvalue weighted by molar-refractivity contribution is -0.138. The predicted octanol–water partition coefficient (Wildman–Crippen LogP) is 2.32. The molecular weight excluding hydrogens is 204 g/mol. The van der Waals surface area contributed by atoms with Gasteiger partial charge in [-0.3, -0.25) is 0 Å². The van der Waals surface area contributed by atoms with E-state index in [-0.39, 0.29) is 5.79 Å². The van der Waals surface area contributed by atoms with Gasteiger partial charge in [-0.15, -0.1) is 0 Å². The van der Waals surface area contributed by atoms with Crippen molar-refractivity contribution in [3.8, 4) is 11.5 Å². The van der Waals surface area contributed by atoms with Gasteiger partial charge in [-0.25, -0.2) is 0 Å². The summed E-state index contributed by atoms with van der Waals surface area (Å²) in [6.07, 6.45) is 4.84. The molecule has 1 aromatic carbocycles. The molecule has 1 aromatic rings. The maximum Gasteiger partial charge on any atom is 0.251 e. The van der Waals surface area contributed by atoms with Crippen molar-refractivity contribution in [1.29, 1.82) is 0 Å². The SMILES string of the molecule is OC1(c2ccc3c(c2)OC2(CCC2)O3)CC1. The van der Waals surface area contributed by atoms with Crippen LogP contribution in [-0.4, -0.2) is 10.9 Å². The van der Waals surface area contributed by atoms with E-state index < -0.39 is 5.60 Å². The van der Waals surface area contributed by atoms with Crippen LogP contribution in [0.15, 0.2) is 18.2 Å². The van der Waals surface area contributed by atoms with Crippen LogP contribution in [0, 0.1) is 0 Å². The average molecular weight is 218 g/mol. The third-order valence-electron chi connectivity index (χ3n) is 3.91. The summed E-state index contributed by atoms with van der Waals surface area (Å²) in [6, 6.07) is 5.82. The Morgan fingerprint density at radius 1 is 1.00 bits per heavy atom. The van der Waals surface area contributed by atoms with Crippen molar-refractivity contribution >= 4 is 0 Å². The molecule has 1 N–H and O–H groups in total. The van der Waals surface area contributed by atoms with Crippen molar-refractivity contribution in [2.24, 2.45) is 0 Å². The van der Waals surface area contributed by atoms with E-state index in [9.17, 15) is 5.11 Å². The highest BCUT2D eigenvalue weighted by molar-refractivity contribution is 5.48. The number of benzene rings is 1. The molecule has 1 spiro atoms. The first-order valence-electron chi connectivity index (χ1n) is 5.94. The topological polar surface area (TPSA) is 38.7 Å². The molecule has 84 valence electrons. The van der Waals surface area contributed by atoms with Crippen LogP contribution >= 0.6 is 0 Å². The zero-order chi connectivity index (χ0) is 10.8. The molecule has 1 heterocycles. The van der Waals surface area contributed by atoms with Crippen LogP contribution in [0.5, 0.6) is 11.5 Å². The molecule has 0 aromatic heterocycles. The number of hydrogen-bond acceptors (Lipinski definition) is 3. The van der Waals surface area contributed by atoms with Crippen LogP contribution in [0.25, 0.3) is 0 Å². The number of fused-ring (bicyclic) bond motifs is 1. The molecule has 0 atom stereocenters. The highest BCUT2D eigenvalue weighted by Gasteiger charge is 2.48. The zero-order valence-electron chi connectivity index (χ0n) is 9.03. The fourth-order valence-corrected chi connectivity index (χ4v) is 2.46. The second-order valence-corrected chi connectivity index (χ2v) is 5.16. The van der Waals surface area contributed by atoms with Crippen molar-refractivity contribution in [1.82, 2.24) is 0 Å². The van der Waals surface area contributed by atoms with Gasteiger partial charge in [-0.1, -0.05) is 6.07 Å². The van der Waals surface area contributed by atoms with E-state index in [1.165, 1.54) is 6.42 Å². The molecule has 2 aliphatic carbocycles. The molecule has 0 radical (unpaired) electrons. The number of aliphatic hydroxyl groups is 1. The lowest BCUT2D eigenvalue weighted by Gasteiger charge is -2.35. The third-order valence-corrected chi connectivity index (χ3v) is 3.91. The molecule has 3 nitrogen and oxygen atoms in total. The monoisotopic (exact) mass is 218 g/mol. The van der Waals surface area contributed by atoms with E-state index in [1.54, 1.807) is 0 Å². The largest absolute Gasteiger partial charge is 0.448 e. The summed E-state index contributed by atoms with van der Waals surface area (Å²) in [5, 5.41) is 10.0. The molecule has 3 heteroatoms. The van der Waals surface area contributed by atoms with Gasteiger partial charge in [0.2, 0.25) is 0 Å². The molecule has 3 aliphatic rings. The average Bonchev–Trinajstić information content (AvgIpc) is 2.85. The van der Waals surface area contributed by atoms with Crippen LogP contribution in [0.1, 0.15) is 37.7 Å². The Bertz CT molecular complexity index is 458. The molecule has 0 saturated heterocycles. The second kappa shape index (κ2) is 2.54. The van der Waals surface area contributed by atoms with Crippen molar-refractivity contribution in [3.05, 3.63) is 23.8 Å². The zero-order valence-corrected chi connectivity index (χ0v) is 9.03. The van der Waals surface area contributed by atoms with Crippen molar-refractivity contribution in [2.45, 2.75) is 43.5 Å². The Balaban J connectivity index is 1.71. The van der Waals surface area contributed by atoms with Gasteiger partial charge in [0.25, 0.3) is 5.79 Å². The van der Waals surface area contributed by atoms with Crippen LogP contribution in [-0.2, 0) is 5.60 Å². The Labute approximate surface area is 94.0 Å². The Morgan fingerprint density at radius 2 is 1.75 bits per heavy atom. The van der Waals surface area contributed by atoms with E-state index in [4.69, 9.17) is 9.47 Å². The first kappa shape index (κ1) is 8.88. The molecule has 0 bridgehead atoms. The van der Waals surface area contributed by atoms with Crippen LogP contribution < -0.4 is 9.47 Å². The van der Waals surface area contributed by atoms with Gasteiger partial charge < -0.3 is 14.6 Å². The van der Waals surface area contributed by atoms with Crippen LogP contribution in [0.4, 0.5) is 0 Å². The fourth-order valence-electron chi connectivity index (χ4n) is 2.46. The van der Waals surface area contributed by atoms with E-state index in [1.807, 2.05) is 18.2 Å². The lowest BCUT2D eigenvalue weighted by Crippen LogP contribution is -2.45. The Hall–Kier alpha value is -1.22. The molecule has 2 fully saturated rings. The number of ether oxygens (including phenoxy) is 2. The normalized spacial score (nSPS) is 26.6. The molecule has 2 saturated carbocycles. The van der Waals surface area contributed by atoms with E-state index >= 15 is 0 Å². The van der Waals surface area contributed by atoms with Crippen molar-refractivity contribution in [2.75, 3.05) is 0 Å². The first-order valence-corrected chi connectivity index (χ1v) is 5.94. The van der Waals surface area contributed by atoms with Gasteiger partial charge in [-0.2, -0.15) is 0 Å². The lowest BCUT2D eigenvalue weighted by atomic mass is 9.91. The highest BCUT2D eigenvalue weighted by Crippen LogP contribution is 2.52. The summed E-state index contributed by atoms with van der Waals surface area (Å²) >= 11 is 0. The van der Waals surface area contributed by atoms with Crippen molar-refractivity contribution < 1.29 is 14.6 Å². The highest BCUT2D eigenvalue weighted by atomic mass is 16.7. The van der Waals surface area contributed by atoms with Gasteiger partial charge in [-0.05, 0) is 37.0 Å². The maximum absolute atomic E-state index is 10.0. The Kier molecular flexibility index (Phi) is 1.41. The molecule has 1 aliphatic heterocycles. The standard InChI is InChI=1S/C13H14O3/c14-12(6-7-12)9-2-3-10-11(8-9)16-13(15-10)4-1-5-13/h2-3,8,14H,1,4-7H2. The third kappa shape index (κ3) is 1.07. The summed E-state index contributed by atoms with van der Waals surface area (Å²) in [5.74, 6) is 1.26. The van der Waals surface area contributed by atoms with E-state index in [0.717, 1.165) is 42.7 Å². The summed E-state index contributed by atoms with van der Waals surface area (Å²) in [6.45, 7) is 0. The minimum atomic E-state index is -0.590. The first-order chi connectivity index (χ1) is 7.69. The van der Waals surface area contributed by atoms with Gasteiger partial charge in [0.15, 0.2) is 11.5 Å². The predicted molar refractivity (Wildman–Crippen MR) is 57.4 cm³/mol. The summed E-state index contributed by atoms with van der Waals surface area (Å²) in [7, 11) is 0. The second-order valence-electron chi connectivity index (χ2n) is 5.16. The van der Waals surface area contributed by atoms with Crippen LogP contribution in [0.2, 0.25) is 0 Å². The number of rotatable bonds is 1. The minimum Gasteiger partial charge on any atom is -0.448 e. The van der Waals surface area contributed by atoms with Gasteiger partial charge in [0, 0.05) is 12.8 Å². The minimum absolute atomic E-state index is 0.368. The van der Waals surface area contributed by atoms with Crippen molar-refractivity contribution in [3.63, 3.8) is 0 Å². The quantitative estimate of drug-likeness (QED) is 0.786. The summed E-state index contributed by atoms with van der Waals surface area (Å²) < 4.78 is 11.7. The summed E-state index contributed by atoms with van der Waals surface area (Å²) in [5.41, 5.74) is 0.375. The molecule has 16 heavy (non-hydrogen) atoms. The maximum atomic E-state index is 10.0. The number of hydrogen-bond donors (Lipinski definition) is 1. The smallest absolute Gasteiger partial charge is 0.251 e. The van der Waals surface area contributed by atoms with Gasteiger partial charge in [0.05, 0.1) is 5.60 Å². The molecule has 4 rings (SSSR count). The summed E-state index contributed by atoms with van der Waals surface area (Å²) in [4.78, 5) is 0. The van der Waals surface area contributed by atoms with Crippen LogP contribution in [0.3, 0.4) is 0 Å². The molecule has 0 amide bonds. The fraction of sp³-hybridized carbons (Fsp3) is 0.538. The molecule has 0 unspecified atom stereocenters. The van der Waals surface area contributed by atoms with E-state index in [0.29, 0.717) is 0 Å². The van der Waals surface area contributed by atoms with Gasteiger partial charge in [0.1, 0.15) is 0 Å².